The van der Waals surface area contributed by atoms with Crippen LogP contribution in [0.5, 0.6) is 0 Å². The van der Waals surface area contributed by atoms with Gasteiger partial charge in [0.25, 0.3) is 5.91 Å². The van der Waals surface area contributed by atoms with Gasteiger partial charge in [0.15, 0.2) is 0 Å². The largest absolute Gasteiger partial charge is 0.369 e. The van der Waals surface area contributed by atoms with Gasteiger partial charge in [0.2, 0.25) is 11.9 Å². The second-order valence-corrected chi connectivity index (χ2v) is 7.86. The third-order valence-electron chi connectivity index (χ3n) is 5.76. The number of amides is 1. The molecule has 0 radical (unpaired) electrons. The van der Waals surface area contributed by atoms with Gasteiger partial charge in [-0.15, -0.1) is 0 Å². The molecule has 7 heteroatoms. The molecule has 0 aromatic heterocycles. The average molecular weight is 405 g/mol. The van der Waals surface area contributed by atoms with Crippen LogP contribution in [0.15, 0.2) is 64.6 Å². The zero-order valence-electron chi connectivity index (χ0n) is 17.1. The van der Waals surface area contributed by atoms with E-state index in [9.17, 15) is 4.79 Å². The van der Waals surface area contributed by atoms with Gasteiger partial charge in [0.1, 0.15) is 5.66 Å². The molecule has 2 aromatic carbocycles. The van der Waals surface area contributed by atoms with Gasteiger partial charge in [-0.2, -0.15) is 4.99 Å². The van der Waals surface area contributed by atoms with Crippen molar-refractivity contribution >= 4 is 23.5 Å². The maximum absolute atomic E-state index is 12.7. The highest BCUT2D eigenvalue weighted by Gasteiger charge is 2.42. The molecule has 0 bridgehead atoms. The van der Waals surface area contributed by atoms with Gasteiger partial charge in [-0.05, 0) is 55.9 Å². The molecule has 1 spiro atoms. The van der Waals surface area contributed by atoms with E-state index in [1.54, 1.807) is 0 Å². The van der Waals surface area contributed by atoms with Gasteiger partial charge in [-0.3, -0.25) is 9.69 Å². The van der Waals surface area contributed by atoms with Gasteiger partial charge in [-0.1, -0.05) is 42.8 Å². The molecule has 1 aliphatic heterocycles. The number of rotatable bonds is 5. The molecule has 7 nitrogen and oxygen atoms in total. The monoisotopic (exact) mass is 404 g/mol. The zero-order valence-corrected chi connectivity index (χ0v) is 17.1. The molecule has 1 amide bonds. The van der Waals surface area contributed by atoms with Crippen molar-refractivity contribution < 1.29 is 4.79 Å². The van der Waals surface area contributed by atoms with Gasteiger partial charge in [0, 0.05) is 17.8 Å². The summed E-state index contributed by atoms with van der Waals surface area (Å²) >= 11 is 0. The second-order valence-electron chi connectivity index (χ2n) is 7.86. The summed E-state index contributed by atoms with van der Waals surface area (Å²) in [6.07, 6.45) is 5.79. The molecule has 0 saturated heterocycles. The Morgan fingerprint density at radius 2 is 1.80 bits per heavy atom. The standard InChI is InChI=1S/C23H28N6O/c24-21-27-22(25)29(23(28-21)13-5-2-6-14-23)19-11-7-10-18(16-19)20(30)26-15-12-17-8-3-1-4-9-17/h1,3-4,7-11,16H,2,5-6,12-15H2,(H,26,30)(H4,24,25,27,28). The van der Waals surface area contributed by atoms with Crippen LogP contribution in [-0.2, 0) is 6.42 Å². The Bertz CT molecular complexity index is 963. The first-order chi connectivity index (χ1) is 14.6. The normalized spacial score (nSPS) is 17.9. The number of nitrogens with one attached hydrogen (secondary N) is 1. The maximum Gasteiger partial charge on any atom is 0.251 e. The van der Waals surface area contributed by atoms with Crippen molar-refractivity contribution in [2.45, 2.75) is 44.2 Å². The van der Waals surface area contributed by atoms with E-state index in [-0.39, 0.29) is 11.9 Å². The van der Waals surface area contributed by atoms with E-state index in [0.29, 0.717) is 18.1 Å². The van der Waals surface area contributed by atoms with Gasteiger partial charge in [0.05, 0.1) is 0 Å². The minimum Gasteiger partial charge on any atom is -0.369 e. The van der Waals surface area contributed by atoms with Gasteiger partial charge >= 0.3 is 0 Å². The van der Waals surface area contributed by atoms with Crippen molar-refractivity contribution in [3.63, 3.8) is 0 Å². The lowest BCUT2D eigenvalue weighted by Crippen LogP contribution is -2.58. The molecule has 156 valence electrons. The summed E-state index contributed by atoms with van der Waals surface area (Å²) in [5.74, 6) is 0.438. The summed E-state index contributed by atoms with van der Waals surface area (Å²) in [6.45, 7) is 0.575. The molecule has 30 heavy (non-hydrogen) atoms. The fraction of sp³-hybridized carbons (Fsp3) is 0.348. The second kappa shape index (κ2) is 8.57. The number of benzene rings is 2. The first-order valence-corrected chi connectivity index (χ1v) is 10.5. The number of nitrogens with two attached hydrogens (primary N) is 2. The number of carbonyl (C=O) groups is 1. The zero-order chi connectivity index (χ0) is 21.0. The maximum atomic E-state index is 12.7. The Hall–Kier alpha value is -3.35. The average Bonchev–Trinajstić information content (AvgIpc) is 2.74. The lowest BCUT2D eigenvalue weighted by atomic mass is 9.87. The van der Waals surface area contributed by atoms with Crippen LogP contribution in [0.4, 0.5) is 5.69 Å². The molecule has 1 aliphatic carbocycles. The molecule has 2 aliphatic rings. The third-order valence-corrected chi connectivity index (χ3v) is 5.76. The number of anilines is 1. The van der Waals surface area contributed by atoms with Crippen LogP contribution in [0.3, 0.4) is 0 Å². The highest BCUT2D eigenvalue weighted by molar-refractivity contribution is 6.06. The number of nitrogens with zero attached hydrogens (tertiary/aromatic N) is 3. The number of hydrogen-bond acceptors (Lipinski definition) is 6. The van der Waals surface area contributed by atoms with Crippen molar-refractivity contribution in [1.29, 1.82) is 0 Å². The summed E-state index contributed by atoms with van der Waals surface area (Å²) in [4.78, 5) is 23.6. The molecule has 4 rings (SSSR count). The smallest absolute Gasteiger partial charge is 0.251 e. The highest BCUT2D eigenvalue weighted by atomic mass is 16.1. The van der Waals surface area contributed by atoms with Crippen molar-refractivity contribution in [3.8, 4) is 0 Å². The van der Waals surface area contributed by atoms with E-state index < -0.39 is 5.66 Å². The molecule has 2 aromatic rings. The minimum atomic E-state index is -0.517. The third kappa shape index (κ3) is 4.15. The Morgan fingerprint density at radius 1 is 1.03 bits per heavy atom. The van der Waals surface area contributed by atoms with Crippen LogP contribution in [-0.4, -0.2) is 30.0 Å². The number of hydrogen-bond donors (Lipinski definition) is 3. The number of aliphatic imine (C=N–C) groups is 2. The van der Waals surface area contributed by atoms with Crippen LogP contribution < -0.4 is 21.7 Å². The van der Waals surface area contributed by atoms with Gasteiger partial charge in [-0.25, -0.2) is 4.99 Å². The number of carbonyl (C=O) groups excluding carboxylic acids is 1. The molecular formula is C23H28N6O. The van der Waals surface area contributed by atoms with E-state index in [1.807, 2.05) is 47.4 Å². The Kier molecular flexibility index (Phi) is 5.70. The topological polar surface area (TPSA) is 109 Å². The fourth-order valence-corrected chi connectivity index (χ4v) is 4.35. The predicted octanol–water partition coefficient (Wildman–Crippen LogP) is 2.77. The lowest BCUT2D eigenvalue weighted by molar-refractivity contribution is 0.0954. The van der Waals surface area contributed by atoms with Crippen molar-refractivity contribution in [2.75, 3.05) is 11.4 Å². The van der Waals surface area contributed by atoms with Crippen LogP contribution in [0.2, 0.25) is 0 Å². The molecular weight excluding hydrogens is 376 g/mol. The van der Waals surface area contributed by atoms with Crippen LogP contribution in [0, 0.1) is 0 Å². The summed E-state index contributed by atoms with van der Waals surface area (Å²) in [7, 11) is 0. The van der Waals surface area contributed by atoms with E-state index in [0.717, 1.165) is 37.8 Å². The quantitative estimate of drug-likeness (QED) is 0.712. The van der Waals surface area contributed by atoms with Crippen molar-refractivity contribution in [2.24, 2.45) is 21.5 Å². The van der Waals surface area contributed by atoms with Crippen LogP contribution >= 0.6 is 0 Å². The van der Waals surface area contributed by atoms with E-state index in [4.69, 9.17) is 16.5 Å². The van der Waals surface area contributed by atoms with Crippen molar-refractivity contribution in [1.82, 2.24) is 5.32 Å². The molecule has 1 saturated carbocycles. The molecule has 5 N–H and O–H groups in total. The van der Waals surface area contributed by atoms with Crippen molar-refractivity contribution in [3.05, 3.63) is 65.7 Å². The fourth-order valence-electron chi connectivity index (χ4n) is 4.35. The molecule has 1 heterocycles. The van der Waals surface area contributed by atoms with E-state index in [1.165, 1.54) is 12.0 Å². The summed E-state index contributed by atoms with van der Waals surface area (Å²) in [5, 5.41) is 3.00. The molecule has 0 unspecified atom stereocenters. The Balaban J connectivity index is 1.52. The van der Waals surface area contributed by atoms with Crippen LogP contribution in [0.25, 0.3) is 0 Å². The van der Waals surface area contributed by atoms with E-state index in [2.05, 4.69) is 22.4 Å². The van der Waals surface area contributed by atoms with Crippen LogP contribution in [0.1, 0.15) is 48.0 Å². The molecule has 1 fully saturated rings. The van der Waals surface area contributed by atoms with E-state index >= 15 is 0 Å². The Labute approximate surface area is 176 Å². The molecule has 0 atom stereocenters. The Morgan fingerprint density at radius 3 is 2.57 bits per heavy atom. The lowest BCUT2D eigenvalue weighted by Gasteiger charge is -2.45. The number of guanidine groups is 2. The predicted molar refractivity (Wildman–Crippen MR) is 120 cm³/mol. The summed E-state index contributed by atoms with van der Waals surface area (Å²) in [5.41, 5.74) is 14.3. The summed E-state index contributed by atoms with van der Waals surface area (Å²) < 4.78 is 0. The minimum absolute atomic E-state index is 0.110. The first-order valence-electron chi connectivity index (χ1n) is 10.5. The van der Waals surface area contributed by atoms with Gasteiger partial charge < -0.3 is 16.8 Å². The first kappa shape index (κ1) is 19.9. The SMILES string of the molecule is NC1=NC2(CCCCC2)N(c2cccc(C(=O)NCCc3ccccc3)c2)C(N)=N1. The summed E-state index contributed by atoms with van der Waals surface area (Å²) in [6, 6.07) is 17.6. The highest BCUT2D eigenvalue weighted by Crippen LogP contribution is 2.39.